The van der Waals surface area contributed by atoms with E-state index < -0.39 is 40.2 Å². The Bertz CT molecular complexity index is 1650. The largest absolute Gasteiger partial charge is 0.497 e. The predicted molar refractivity (Wildman–Crippen MR) is 170 cm³/mol. The van der Waals surface area contributed by atoms with E-state index in [4.69, 9.17) is 18.9 Å². The highest BCUT2D eigenvalue weighted by Gasteiger charge is 2.35. The summed E-state index contributed by atoms with van der Waals surface area (Å²) < 4.78 is 66.0. The van der Waals surface area contributed by atoms with Crippen molar-refractivity contribution in [1.82, 2.24) is 10.2 Å². The van der Waals surface area contributed by atoms with Crippen LogP contribution >= 0.6 is 0 Å². The smallest absolute Gasteiger partial charge is 0.265 e. The van der Waals surface area contributed by atoms with Gasteiger partial charge in [-0.15, -0.1) is 0 Å². The van der Waals surface area contributed by atoms with Crippen LogP contribution in [-0.2, 0) is 26.2 Å². The highest BCUT2D eigenvalue weighted by atomic mass is 32.2. The second kappa shape index (κ2) is 15.2. The summed E-state index contributed by atoms with van der Waals surface area (Å²) in [7, 11) is 1.08. The highest BCUT2D eigenvalue weighted by Crippen LogP contribution is 2.38. The first kappa shape index (κ1) is 34.4. The van der Waals surface area contributed by atoms with E-state index in [1.54, 1.807) is 19.1 Å². The van der Waals surface area contributed by atoms with Gasteiger partial charge in [0.1, 0.15) is 29.9 Å². The monoisotopic (exact) mass is 657 g/mol. The van der Waals surface area contributed by atoms with Crippen LogP contribution in [0.1, 0.15) is 38.2 Å². The number of benzene rings is 3. The van der Waals surface area contributed by atoms with Crippen molar-refractivity contribution in [1.29, 1.82) is 0 Å². The molecule has 0 saturated heterocycles. The lowest BCUT2D eigenvalue weighted by molar-refractivity contribution is -0.139. The highest BCUT2D eigenvalue weighted by molar-refractivity contribution is 7.92. The van der Waals surface area contributed by atoms with Gasteiger partial charge in [-0.2, -0.15) is 0 Å². The third-order valence-electron chi connectivity index (χ3n) is 8.04. The minimum atomic E-state index is -4.50. The van der Waals surface area contributed by atoms with Gasteiger partial charge in [0, 0.05) is 30.3 Å². The molecule has 0 aromatic heterocycles. The minimum Gasteiger partial charge on any atom is -0.497 e. The molecule has 1 N–H and O–H groups in total. The predicted octanol–water partition coefficient (Wildman–Crippen LogP) is 4.53. The Morgan fingerprint density at radius 2 is 1.54 bits per heavy atom. The van der Waals surface area contributed by atoms with Crippen LogP contribution in [0.4, 0.5) is 10.1 Å². The molecule has 0 unspecified atom stereocenters. The van der Waals surface area contributed by atoms with Gasteiger partial charge in [0.15, 0.2) is 11.5 Å². The molecule has 13 heteroatoms. The normalized spacial score (nSPS) is 13.9. The first-order chi connectivity index (χ1) is 22.0. The fraction of sp³-hybridized carbons (Fsp3) is 0.394. The summed E-state index contributed by atoms with van der Waals surface area (Å²) in [5.74, 6) is -0.801. The van der Waals surface area contributed by atoms with Crippen molar-refractivity contribution in [3.8, 4) is 23.0 Å². The summed E-state index contributed by atoms with van der Waals surface area (Å²) in [6.07, 6.45) is 3.63. The van der Waals surface area contributed by atoms with Crippen LogP contribution in [0.15, 0.2) is 65.6 Å². The van der Waals surface area contributed by atoms with Crippen molar-refractivity contribution in [3.63, 3.8) is 0 Å². The minimum absolute atomic E-state index is 0.0129. The standard InChI is InChI=1S/C33H40FN3O8S/c1-22(33(39)35-24-11-7-8-12-24)36(20-23-10-6-9-13-27(23)34)32(38)21-37(28-18-25(42-2)14-16-29(28)43-3)46(40,41)26-15-17-30(44-4)31(19-26)45-5/h6,9-10,13-19,22,24H,7-8,11-12,20-21H2,1-5H3,(H,35,39)/t22-/m0/s1. The quantitative estimate of drug-likeness (QED) is 0.268. The third-order valence-corrected chi connectivity index (χ3v) is 9.80. The second-order valence-electron chi connectivity index (χ2n) is 10.8. The Morgan fingerprint density at radius 1 is 0.891 bits per heavy atom. The summed E-state index contributed by atoms with van der Waals surface area (Å²) >= 11 is 0. The number of anilines is 1. The molecule has 11 nitrogen and oxygen atoms in total. The number of carbonyl (C=O) groups is 2. The number of methoxy groups -OCH3 is 4. The molecule has 1 aliphatic carbocycles. The van der Waals surface area contributed by atoms with Crippen LogP contribution in [0.25, 0.3) is 0 Å². The lowest BCUT2D eigenvalue weighted by Crippen LogP contribution is -2.52. The van der Waals surface area contributed by atoms with Crippen LogP contribution < -0.4 is 28.6 Å². The zero-order chi connectivity index (χ0) is 33.4. The average Bonchev–Trinajstić information content (AvgIpc) is 3.58. The molecule has 0 bridgehead atoms. The van der Waals surface area contributed by atoms with E-state index in [9.17, 15) is 22.4 Å². The van der Waals surface area contributed by atoms with E-state index in [0.29, 0.717) is 11.5 Å². The van der Waals surface area contributed by atoms with Crippen molar-refractivity contribution in [2.24, 2.45) is 0 Å². The van der Waals surface area contributed by atoms with Crippen LogP contribution in [0.2, 0.25) is 0 Å². The molecule has 1 aliphatic rings. The fourth-order valence-corrected chi connectivity index (χ4v) is 6.83. The van der Waals surface area contributed by atoms with Gasteiger partial charge >= 0.3 is 0 Å². The van der Waals surface area contributed by atoms with Gasteiger partial charge < -0.3 is 29.2 Å². The van der Waals surface area contributed by atoms with Crippen molar-refractivity contribution in [2.75, 3.05) is 39.3 Å². The Kier molecular flexibility index (Phi) is 11.3. The molecule has 248 valence electrons. The summed E-state index contributed by atoms with van der Waals surface area (Å²) in [6, 6.07) is 13.4. The van der Waals surface area contributed by atoms with Gasteiger partial charge in [-0.05, 0) is 50.1 Å². The molecule has 3 aromatic rings. The molecule has 3 aromatic carbocycles. The zero-order valence-electron chi connectivity index (χ0n) is 26.6. The number of amides is 2. The van der Waals surface area contributed by atoms with E-state index in [2.05, 4.69) is 5.32 Å². The molecule has 46 heavy (non-hydrogen) atoms. The molecule has 1 saturated carbocycles. The number of halogens is 1. The van der Waals surface area contributed by atoms with Gasteiger partial charge in [-0.3, -0.25) is 13.9 Å². The number of sulfonamides is 1. The van der Waals surface area contributed by atoms with Crippen LogP contribution in [0.5, 0.6) is 23.0 Å². The SMILES string of the molecule is COc1ccc(OC)c(N(CC(=O)N(Cc2ccccc2F)[C@@H](C)C(=O)NC2CCCC2)S(=O)(=O)c2ccc(OC)c(OC)c2)c1. The maximum absolute atomic E-state index is 14.9. The van der Waals surface area contributed by atoms with Crippen LogP contribution in [0.3, 0.4) is 0 Å². The summed E-state index contributed by atoms with van der Waals surface area (Å²) in [5.41, 5.74) is 0.184. The van der Waals surface area contributed by atoms with Crippen molar-refractivity contribution < 1.29 is 41.3 Å². The maximum atomic E-state index is 14.9. The van der Waals surface area contributed by atoms with E-state index >= 15 is 0 Å². The zero-order valence-corrected chi connectivity index (χ0v) is 27.4. The number of nitrogens with zero attached hydrogens (tertiary/aromatic N) is 2. The molecular formula is C33H40FN3O8S. The molecule has 0 radical (unpaired) electrons. The van der Waals surface area contributed by atoms with Crippen LogP contribution in [0, 0.1) is 5.82 Å². The maximum Gasteiger partial charge on any atom is 0.265 e. The first-order valence-electron chi connectivity index (χ1n) is 14.8. The molecule has 2 amide bonds. The number of rotatable bonds is 14. The van der Waals surface area contributed by atoms with E-state index in [1.807, 2.05) is 0 Å². The number of carbonyl (C=O) groups excluding carboxylic acids is 2. The average molecular weight is 658 g/mol. The van der Waals surface area contributed by atoms with Crippen molar-refractivity contribution >= 4 is 27.5 Å². The lowest BCUT2D eigenvalue weighted by Gasteiger charge is -2.33. The first-order valence-corrected chi connectivity index (χ1v) is 16.3. The topological polar surface area (TPSA) is 124 Å². The molecule has 1 atom stereocenters. The van der Waals surface area contributed by atoms with E-state index in [-0.39, 0.29) is 40.2 Å². The Hall–Kier alpha value is -4.52. The molecule has 1 fully saturated rings. The molecule has 0 heterocycles. The Balaban J connectivity index is 1.80. The van der Waals surface area contributed by atoms with Gasteiger partial charge in [-0.1, -0.05) is 31.0 Å². The summed E-state index contributed by atoms with van der Waals surface area (Å²) in [5, 5.41) is 2.99. The van der Waals surface area contributed by atoms with Gasteiger partial charge in [-0.25, -0.2) is 12.8 Å². The number of ether oxygens (including phenoxy) is 4. The molecule has 4 rings (SSSR count). The van der Waals surface area contributed by atoms with E-state index in [0.717, 1.165) is 30.0 Å². The summed E-state index contributed by atoms with van der Waals surface area (Å²) in [6.45, 7) is 0.516. The van der Waals surface area contributed by atoms with Gasteiger partial charge in [0.2, 0.25) is 11.8 Å². The molecular weight excluding hydrogens is 617 g/mol. The molecule has 0 spiro atoms. The van der Waals surface area contributed by atoms with Crippen molar-refractivity contribution in [3.05, 3.63) is 72.0 Å². The van der Waals surface area contributed by atoms with E-state index in [1.165, 1.54) is 81.9 Å². The summed E-state index contributed by atoms with van der Waals surface area (Å²) in [4.78, 5) is 28.7. The van der Waals surface area contributed by atoms with Gasteiger partial charge in [0.05, 0.1) is 39.0 Å². The number of hydrogen-bond donors (Lipinski definition) is 1. The fourth-order valence-electron chi connectivity index (χ4n) is 5.39. The third kappa shape index (κ3) is 7.64. The van der Waals surface area contributed by atoms with Crippen LogP contribution in [-0.4, -0.2) is 72.2 Å². The lowest BCUT2D eigenvalue weighted by atomic mass is 10.1. The van der Waals surface area contributed by atoms with Crippen molar-refractivity contribution in [2.45, 2.75) is 56.1 Å². The number of hydrogen-bond acceptors (Lipinski definition) is 8. The second-order valence-corrected chi connectivity index (χ2v) is 12.7. The molecule has 0 aliphatic heterocycles. The Labute approximate surface area is 269 Å². The number of nitrogens with one attached hydrogen (secondary N) is 1. The Morgan fingerprint density at radius 3 is 2.17 bits per heavy atom. The van der Waals surface area contributed by atoms with Gasteiger partial charge in [0.25, 0.3) is 10.0 Å².